The summed E-state index contributed by atoms with van der Waals surface area (Å²) in [4.78, 5) is 4.48. The Bertz CT molecular complexity index is 798. The van der Waals surface area contributed by atoms with E-state index in [4.69, 9.17) is 16.1 Å². The van der Waals surface area contributed by atoms with Crippen LogP contribution in [0.2, 0.25) is 5.02 Å². The average Bonchev–Trinajstić information content (AvgIpc) is 3.09. The van der Waals surface area contributed by atoms with Crippen molar-refractivity contribution in [1.82, 2.24) is 10.1 Å². The molecule has 124 valence electrons. The van der Waals surface area contributed by atoms with Crippen molar-refractivity contribution in [2.24, 2.45) is 0 Å². The summed E-state index contributed by atoms with van der Waals surface area (Å²) >= 11 is 6.04. The molecule has 24 heavy (non-hydrogen) atoms. The van der Waals surface area contributed by atoms with Crippen molar-refractivity contribution in [3.8, 4) is 11.4 Å². The van der Waals surface area contributed by atoms with E-state index in [-0.39, 0.29) is 6.04 Å². The first-order chi connectivity index (χ1) is 11.7. The monoisotopic (exact) mass is 342 g/mol. The summed E-state index contributed by atoms with van der Waals surface area (Å²) in [6.07, 6.45) is 1.02. The smallest absolute Gasteiger partial charge is 0.282 e. The van der Waals surface area contributed by atoms with Crippen molar-refractivity contribution in [2.75, 3.05) is 0 Å². The van der Waals surface area contributed by atoms with Crippen molar-refractivity contribution in [3.05, 3.63) is 70.6 Å². The Kier molecular flexibility index (Phi) is 5.28. The highest BCUT2D eigenvalue weighted by molar-refractivity contribution is 6.30. The second-order valence-electron chi connectivity index (χ2n) is 5.85. The fourth-order valence-electron chi connectivity index (χ4n) is 2.55. The number of aryl methyl sites for hydroxylation is 1. The Balaban J connectivity index is 1.63. The molecule has 0 saturated heterocycles. The number of nitrogens with two attached hydrogens (primary N) is 1. The Morgan fingerprint density at radius 3 is 2.67 bits per heavy atom. The summed E-state index contributed by atoms with van der Waals surface area (Å²) in [7, 11) is 0. The van der Waals surface area contributed by atoms with Gasteiger partial charge in [-0.3, -0.25) is 0 Å². The topological polar surface area (TPSA) is 55.5 Å². The van der Waals surface area contributed by atoms with Gasteiger partial charge in [-0.2, -0.15) is 4.98 Å². The minimum atomic E-state index is 0.267. The van der Waals surface area contributed by atoms with Gasteiger partial charge in [-0.15, -0.1) is 0 Å². The molecule has 0 bridgehead atoms. The minimum absolute atomic E-state index is 0.267. The number of aromatic nitrogens is 2. The summed E-state index contributed by atoms with van der Waals surface area (Å²) in [6, 6.07) is 16.4. The van der Waals surface area contributed by atoms with E-state index in [1.54, 1.807) is 0 Å². The number of hydrogen-bond donors (Lipinski definition) is 1. The largest absolute Gasteiger partial charge is 0.333 e. The predicted octanol–water partition coefficient (Wildman–Crippen LogP) is 3.78. The number of rotatable bonds is 6. The highest BCUT2D eigenvalue weighted by Crippen LogP contribution is 2.17. The van der Waals surface area contributed by atoms with Crippen LogP contribution in [0.4, 0.5) is 0 Å². The molecule has 0 radical (unpaired) electrons. The fourth-order valence-corrected chi connectivity index (χ4v) is 2.75. The van der Waals surface area contributed by atoms with Crippen LogP contribution in [0, 0.1) is 0 Å². The van der Waals surface area contributed by atoms with Crippen LogP contribution in [-0.4, -0.2) is 10.1 Å². The molecule has 0 unspecified atom stereocenters. The molecular weight excluding hydrogens is 322 g/mol. The van der Waals surface area contributed by atoms with Crippen LogP contribution in [0.1, 0.15) is 36.9 Å². The first-order valence-corrected chi connectivity index (χ1v) is 8.54. The van der Waals surface area contributed by atoms with Crippen molar-refractivity contribution in [1.29, 1.82) is 0 Å². The van der Waals surface area contributed by atoms with Gasteiger partial charge in [-0.1, -0.05) is 60.1 Å². The molecule has 1 aromatic heterocycles. The van der Waals surface area contributed by atoms with Gasteiger partial charge in [0.15, 0.2) is 6.54 Å². The van der Waals surface area contributed by atoms with E-state index >= 15 is 0 Å². The molecule has 2 N–H and O–H groups in total. The summed E-state index contributed by atoms with van der Waals surface area (Å²) < 4.78 is 5.37. The average molecular weight is 343 g/mol. The van der Waals surface area contributed by atoms with Crippen LogP contribution in [0.25, 0.3) is 11.4 Å². The van der Waals surface area contributed by atoms with Gasteiger partial charge in [-0.25, -0.2) is 0 Å². The van der Waals surface area contributed by atoms with Crippen molar-refractivity contribution in [3.63, 3.8) is 0 Å². The van der Waals surface area contributed by atoms with Gasteiger partial charge in [0, 0.05) is 16.1 Å². The van der Waals surface area contributed by atoms with Crippen LogP contribution >= 0.6 is 11.6 Å². The lowest BCUT2D eigenvalue weighted by Gasteiger charge is -2.09. The van der Waals surface area contributed by atoms with Gasteiger partial charge in [0.2, 0.25) is 5.82 Å². The quantitative estimate of drug-likeness (QED) is 0.741. The Labute approximate surface area is 146 Å². The normalized spacial score (nSPS) is 12.3. The van der Waals surface area contributed by atoms with E-state index < -0.39 is 0 Å². The molecule has 0 spiro atoms. The number of halogens is 1. The van der Waals surface area contributed by atoms with Crippen molar-refractivity contribution in [2.45, 2.75) is 32.9 Å². The first-order valence-electron chi connectivity index (χ1n) is 8.16. The summed E-state index contributed by atoms with van der Waals surface area (Å²) in [5.74, 6) is 1.26. The van der Waals surface area contributed by atoms with Crippen LogP contribution in [0.15, 0.2) is 53.1 Å². The van der Waals surface area contributed by atoms with Crippen LogP contribution < -0.4 is 5.32 Å². The molecule has 0 amide bonds. The highest BCUT2D eigenvalue weighted by atomic mass is 35.5. The van der Waals surface area contributed by atoms with E-state index in [2.05, 4.69) is 47.5 Å². The zero-order chi connectivity index (χ0) is 16.9. The summed E-state index contributed by atoms with van der Waals surface area (Å²) in [5.41, 5.74) is 3.45. The second kappa shape index (κ2) is 7.60. The number of nitrogens with zero attached hydrogens (tertiary/aromatic N) is 2. The number of hydrogen-bond acceptors (Lipinski definition) is 3. The molecular formula is C19H21ClN3O+. The lowest BCUT2D eigenvalue weighted by atomic mass is 10.1. The van der Waals surface area contributed by atoms with Gasteiger partial charge in [-0.05, 0) is 31.0 Å². The Morgan fingerprint density at radius 1 is 1.17 bits per heavy atom. The van der Waals surface area contributed by atoms with E-state index in [9.17, 15) is 0 Å². The maximum Gasteiger partial charge on any atom is 0.282 e. The molecule has 3 aromatic rings. The standard InChI is InChI=1S/C19H20ClN3O/c1-3-14-7-9-15(10-8-14)19-22-18(24-23-19)12-21-13(2)16-5-4-6-17(20)11-16/h4-11,13,21H,3,12H2,1-2H3/p+1/t13-/m0/s1. The third kappa shape index (κ3) is 4.02. The second-order valence-corrected chi connectivity index (χ2v) is 6.28. The molecule has 2 aromatic carbocycles. The number of quaternary nitrogens is 1. The predicted molar refractivity (Wildman–Crippen MR) is 94.6 cm³/mol. The van der Waals surface area contributed by atoms with E-state index in [1.165, 1.54) is 11.1 Å². The van der Waals surface area contributed by atoms with Gasteiger partial charge in [0.25, 0.3) is 5.89 Å². The summed E-state index contributed by atoms with van der Waals surface area (Å²) in [5, 5.41) is 6.99. The molecule has 1 heterocycles. The van der Waals surface area contributed by atoms with Crippen molar-refractivity contribution >= 4 is 11.6 Å². The van der Waals surface area contributed by atoms with Crippen LogP contribution in [0.5, 0.6) is 0 Å². The Hall–Kier alpha value is -2.17. The number of benzene rings is 2. The molecule has 5 heteroatoms. The lowest BCUT2D eigenvalue weighted by molar-refractivity contribution is -0.710. The molecule has 4 nitrogen and oxygen atoms in total. The van der Waals surface area contributed by atoms with E-state index in [0.717, 1.165) is 17.0 Å². The molecule has 0 aliphatic heterocycles. The fraction of sp³-hybridized carbons (Fsp3) is 0.263. The van der Waals surface area contributed by atoms with Gasteiger partial charge >= 0.3 is 0 Å². The maximum atomic E-state index is 6.04. The molecule has 0 saturated carbocycles. The van der Waals surface area contributed by atoms with Gasteiger partial charge in [0.1, 0.15) is 6.04 Å². The van der Waals surface area contributed by atoms with Crippen LogP contribution in [0.3, 0.4) is 0 Å². The molecule has 0 fully saturated rings. The first kappa shape index (κ1) is 16.7. The van der Waals surface area contributed by atoms with Crippen LogP contribution in [-0.2, 0) is 13.0 Å². The van der Waals surface area contributed by atoms with Gasteiger partial charge in [0.05, 0.1) is 0 Å². The summed E-state index contributed by atoms with van der Waals surface area (Å²) in [6.45, 7) is 4.90. The maximum absolute atomic E-state index is 6.04. The highest BCUT2D eigenvalue weighted by Gasteiger charge is 2.13. The van der Waals surface area contributed by atoms with E-state index in [1.807, 2.05) is 30.3 Å². The van der Waals surface area contributed by atoms with Gasteiger partial charge < -0.3 is 9.84 Å². The minimum Gasteiger partial charge on any atom is -0.333 e. The zero-order valence-electron chi connectivity index (χ0n) is 13.9. The molecule has 0 aliphatic rings. The SMILES string of the molecule is CCc1ccc(-c2noc(C[NH2+][C@@H](C)c3cccc(Cl)c3)n2)cc1. The lowest BCUT2D eigenvalue weighted by Crippen LogP contribution is -2.83. The van der Waals surface area contributed by atoms with Crippen molar-refractivity contribution < 1.29 is 9.84 Å². The van der Waals surface area contributed by atoms with E-state index in [0.29, 0.717) is 18.3 Å². The third-order valence-electron chi connectivity index (χ3n) is 4.11. The third-order valence-corrected chi connectivity index (χ3v) is 4.34. The molecule has 1 atom stereocenters. The molecule has 3 rings (SSSR count). The molecule has 0 aliphatic carbocycles. The zero-order valence-corrected chi connectivity index (χ0v) is 14.6. The Morgan fingerprint density at radius 2 is 1.96 bits per heavy atom.